The van der Waals surface area contributed by atoms with Gasteiger partial charge in [-0.25, -0.2) is 4.39 Å². The van der Waals surface area contributed by atoms with E-state index in [9.17, 15) is 4.39 Å². The molecule has 0 saturated heterocycles. The van der Waals surface area contributed by atoms with E-state index in [4.69, 9.17) is 5.84 Å². The van der Waals surface area contributed by atoms with Gasteiger partial charge >= 0.3 is 0 Å². The number of nitrogens with one attached hydrogen (secondary N) is 1. The second kappa shape index (κ2) is 4.00. The highest BCUT2D eigenvalue weighted by Crippen LogP contribution is 2.44. The standard InChI is InChI=1S/C13H17FN2/c1-3-13(8-16-15)9(2)6-10-7-11(14)4-5-12(10)13/h4-5,7,16H,2-3,6,8,15H2,1H3/t13-/m1/s1. The van der Waals surface area contributed by atoms with Crippen LogP contribution in [0.4, 0.5) is 4.39 Å². The van der Waals surface area contributed by atoms with Crippen LogP contribution in [0.2, 0.25) is 0 Å². The van der Waals surface area contributed by atoms with Crippen LogP contribution >= 0.6 is 0 Å². The van der Waals surface area contributed by atoms with Crippen LogP contribution in [0, 0.1) is 5.82 Å². The van der Waals surface area contributed by atoms with E-state index in [0.717, 1.165) is 24.0 Å². The normalized spacial score (nSPS) is 23.6. The molecule has 2 rings (SSSR count). The zero-order valence-electron chi connectivity index (χ0n) is 9.52. The van der Waals surface area contributed by atoms with Gasteiger partial charge in [-0.3, -0.25) is 11.3 Å². The molecule has 0 bridgehead atoms. The molecule has 1 aromatic rings. The topological polar surface area (TPSA) is 38.0 Å². The SMILES string of the molecule is C=C1Cc2cc(F)ccc2[C@]1(CC)CNN. The van der Waals surface area contributed by atoms with Gasteiger partial charge < -0.3 is 0 Å². The van der Waals surface area contributed by atoms with E-state index >= 15 is 0 Å². The Morgan fingerprint density at radius 3 is 2.94 bits per heavy atom. The number of hydrogen-bond acceptors (Lipinski definition) is 2. The predicted molar refractivity (Wildman–Crippen MR) is 63.4 cm³/mol. The zero-order valence-corrected chi connectivity index (χ0v) is 9.52. The van der Waals surface area contributed by atoms with Gasteiger partial charge in [-0.1, -0.05) is 25.1 Å². The van der Waals surface area contributed by atoms with Crippen LogP contribution in [-0.4, -0.2) is 6.54 Å². The fourth-order valence-corrected chi connectivity index (χ4v) is 2.72. The minimum Gasteiger partial charge on any atom is -0.271 e. The summed E-state index contributed by atoms with van der Waals surface area (Å²) in [6.45, 7) is 6.89. The van der Waals surface area contributed by atoms with E-state index in [1.165, 1.54) is 11.6 Å². The number of rotatable bonds is 3. The fourth-order valence-electron chi connectivity index (χ4n) is 2.72. The summed E-state index contributed by atoms with van der Waals surface area (Å²) in [5.41, 5.74) is 5.93. The molecule has 3 N–H and O–H groups in total. The molecule has 1 aliphatic rings. The highest BCUT2D eigenvalue weighted by molar-refractivity contribution is 5.50. The molecule has 86 valence electrons. The minimum atomic E-state index is -0.181. The molecule has 0 radical (unpaired) electrons. The summed E-state index contributed by atoms with van der Waals surface area (Å²) in [4.78, 5) is 0. The van der Waals surface area contributed by atoms with Gasteiger partial charge in [0, 0.05) is 12.0 Å². The quantitative estimate of drug-likeness (QED) is 0.465. The van der Waals surface area contributed by atoms with Gasteiger partial charge in [0.05, 0.1) is 0 Å². The van der Waals surface area contributed by atoms with E-state index in [2.05, 4.69) is 18.9 Å². The van der Waals surface area contributed by atoms with Gasteiger partial charge in [0.25, 0.3) is 0 Å². The van der Waals surface area contributed by atoms with Crippen molar-refractivity contribution in [1.82, 2.24) is 5.43 Å². The van der Waals surface area contributed by atoms with Crippen LogP contribution in [0.1, 0.15) is 24.5 Å². The van der Waals surface area contributed by atoms with Gasteiger partial charge in [0.2, 0.25) is 0 Å². The molecule has 0 aliphatic heterocycles. The van der Waals surface area contributed by atoms with E-state index < -0.39 is 0 Å². The lowest BCUT2D eigenvalue weighted by atomic mass is 9.77. The number of fused-ring (bicyclic) bond motifs is 1. The third kappa shape index (κ3) is 1.47. The Hall–Kier alpha value is -1.19. The van der Waals surface area contributed by atoms with Gasteiger partial charge in [-0.2, -0.15) is 0 Å². The Balaban J connectivity index is 2.53. The molecular formula is C13H17FN2. The second-order valence-electron chi connectivity index (χ2n) is 4.40. The number of halogens is 1. The molecule has 16 heavy (non-hydrogen) atoms. The average Bonchev–Trinajstić information content (AvgIpc) is 2.52. The van der Waals surface area contributed by atoms with Crippen molar-refractivity contribution in [1.29, 1.82) is 0 Å². The van der Waals surface area contributed by atoms with Crippen molar-refractivity contribution < 1.29 is 4.39 Å². The average molecular weight is 220 g/mol. The van der Waals surface area contributed by atoms with Crippen LogP contribution in [0.15, 0.2) is 30.4 Å². The summed E-state index contributed by atoms with van der Waals surface area (Å²) in [7, 11) is 0. The first-order chi connectivity index (χ1) is 7.64. The maximum atomic E-state index is 13.2. The molecule has 0 saturated carbocycles. The molecule has 0 spiro atoms. The Morgan fingerprint density at radius 2 is 2.31 bits per heavy atom. The molecule has 1 aromatic carbocycles. The first kappa shape index (κ1) is 11.3. The Kier molecular flexibility index (Phi) is 2.82. The molecule has 0 fully saturated rings. The van der Waals surface area contributed by atoms with Crippen molar-refractivity contribution in [3.8, 4) is 0 Å². The lowest BCUT2D eigenvalue weighted by Crippen LogP contribution is -2.40. The summed E-state index contributed by atoms with van der Waals surface area (Å²) in [6, 6.07) is 4.98. The minimum absolute atomic E-state index is 0.127. The summed E-state index contributed by atoms with van der Waals surface area (Å²) in [5, 5.41) is 0. The van der Waals surface area contributed by atoms with Crippen molar-refractivity contribution in [3.05, 3.63) is 47.3 Å². The monoisotopic (exact) mass is 220 g/mol. The van der Waals surface area contributed by atoms with E-state index in [1.54, 1.807) is 6.07 Å². The summed E-state index contributed by atoms with van der Waals surface area (Å²) >= 11 is 0. The van der Waals surface area contributed by atoms with Crippen LogP contribution < -0.4 is 11.3 Å². The predicted octanol–water partition coefficient (Wildman–Crippen LogP) is 2.05. The maximum Gasteiger partial charge on any atom is 0.123 e. The molecular weight excluding hydrogens is 203 g/mol. The van der Waals surface area contributed by atoms with Crippen LogP contribution in [-0.2, 0) is 11.8 Å². The summed E-state index contributed by atoms with van der Waals surface area (Å²) in [6.07, 6.45) is 1.68. The first-order valence-corrected chi connectivity index (χ1v) is 5.54. The first-order valence-electron chi connectivity index (χ1n) is 5.54. The zero-order chi connectivity index (χ0) is 11.8. The number of hydrazine groups is 1. The van der Waals surface area contributed by atoms with E-state index in [0.29, 0.717) is 6.54 Å². The van der Waals surface area contributed by atoms with Crippen molar-refractivity contribution in [3.63, 3.8) is 0 Å². The largest absolute Gasteiger partial charge is 0.271 e. The molecule has 0 amide bonds. The Labute approximate surface area is 95.3 Å². The number of nitrogens with two attached hydrogens (primary N) is 1. The second-order valence-corrected chi connectivity index (χ2v) is 4.40. The van der Waals surface area contributed by atoms with Crippen molar-refractivity contribution in [2.24, 2.45) is 5.84 Å². The third-order valence-electron chi connectivity index (χ3n) is 3.67. The maximum absolute atomic E-state index is 13.2. The van der Waals surface area contributed by atoms with Crippen LogP contribution in [0.3, 0.4) is 0 Å². The van der Waals surface area contributed by atoms with Crippen molar-refractivity contribution in [2.45, 2.75) is 25.2 Å². The Bertz CT molecular complexity index is 428. The van der Waals surface area contributed by atoms with Crippen LogP contribution in [0.25, 0.3) is 0 Å². The van der Waals surface area contributed by atoms with Crippen LogP contribution in [0.5, 0.6) is 0 Å². The summed E-state index contributed by atoms with van der Waals surface area (Å²) in [5.74, 6) is 5.27. The van der Waals surface area contributed by atoms with E-state index in [1.807, 2.05) is 6.07 Å². The Morgan fingerprint density at radius 1 is 1.56 bits per heavy atom. The smallest absolute Gasteiger partial charge is 0.123 e. The van der Waals surface area contributed by atoms with Gasteiger partial charge in [0.15, 0.2) is 0 Å². The van der Waals surface area contributed by atoms with E-state index in [-0.39, 0.29) is 11.2 Å². The molecule has 0 aromatic heterocycles. The molecule has 2 nitrogen and oxygen atoms in total. The highest BCUT2D eigenvalue weighted by Gasteiger charge is 2.39. The highest BCUT2D eigenvalue weighted by atomic mass is 19.1. The van der Waals surface area contributed by atoms with Crippen molar-refractivity contribution >= 4 is 0 Å². The molecule has 0 unspecified atom stereocenters. The van der Waals surface area contributed by atoms with Gasteiger partial charge in [-0.15, -0.1) is 0 Å². The third-order valence-corrected chi connectivity index (χ3v) is 3.67. The number of benzene rings is 1. The van der Waals surface area contributed by atoms with Gasteiger partial charge in [0.1, 0.15) is 5.82 Å². The van der Waals surface area contributed by atoms with Gasteiger partial charge in [-0.05, 0) is 36.1 Å². The summed E-state index contributed by atoms with van der Waals surface area (Å²) < 4.78 is 13.2. The van der Waals surface area contributed by atoms with Crippen molar-refractivity contribution in [2.75, 3.05) is 6.54 Å². The lowest BCUT2D eigenvalue weighted by molar-refractivity contribution is 0.459. The molecule has 1 aliphatic carbocycles. The molecule has 3 heteroatoms. The molecule has 1 atom stereocenters. The fraction of sp³-hybridized carbons (Fsp3) is 0.385. The number of hydrogen-bond donors (Lipinski definition) is 2. The molecule has 0 heterocycles. The lowest BCUT2D eigenvalue weighted by Gasteiger charge is -2.30.